The molecule has 7 atom stereocenters. The van der Waals surface area contributed by atoms with Gasteiger partial charge in [0.05, 0.1) is 37.4 Å². The number of nitrogens with zero attached hydrogens (tertiary/aromatic N) is 2. The summed E-state index contributed by atoms with van der Waals surface area (Å²) in [6.45, 7) is 7.01. The number of anilines is 1. The van der Waals surface area contributed by atoms with Crippen LogP contribution >= 0.6 is 0 Å². The molecule has 0 bridgehead atoms. The highest BCUT2D eigenvalue weighted by Crippen LogP contribution is 2.66. The number of allylic oxidation sites excluding steroid dienone is 2. The Kier molecular flexibility index (Phi) is 13.5. The normalized spacial score (nSPS) is 23.7. The minimum Gasteiger partial charge on any atom is -0.491 e. The van der Waals surface area contributed by atoms with E-state index in [1.807, 2.05) is 65.6 Å². The number of cyclic esters (lactones) is 1. The molecule has 4 aromatic rings. The first-order valence-electron chi connectivity index (χ1n) is 22.4. The summed E-state index contributed by atoms with van der Waals surface area (Å²) in [5, 5.41) is 15.5. The number of carbonyl (C=O) groups is 5. The number of methoxy groups -OCH3 is 1. The molecule has 3 aliphatic heterocycles. The molecule has 0 unspecified atom stereocenters. The predicted octanol–water partition coefficient (Wildman–Crippen LogP) is 6.78. The lowest BCUT2D eigenvalue weighted by Gasteiger charge is -2.46. The smallest absolute Gasteiger partial charge is 0.329 e. The molecule has 0 saturated carbocycles. The summed E-state index contributed by atoms with van der Waals surface area (Å²) in [6.07, 6.45) is 6.55. The number of esters is 2. The molecule has 3 N–H and O–H groups in total. The number of imide groups is 1. The number of nitrogens with one attached hydrogen (secondary N) is 2. The predicted molar refractivity (Wildman–Crippen MR) is 247 cm³/mol. The van der Waals surface area contributed by atoms with Crippen LogP contribution in [0.25, 0.3) is 0 Å². The summed E-state index contributed by atoms with van der Waals surface area (Å²) in [5.41, 5.74) is 1.78. The quantitative estimate of drug-likeness (QED) is 0.0785. The zero-order valence-corrected chi connectivity index (χ0v) is 37.3. The molecule has 2 saturated heterocycles. The summed E-state index contributed by atoms with van der Waals surface area (Å²) in [5.74, 6) is 2.11. The largest absolute Gasteiger partial charge is 0.491 e. The van der Waals surface area contributed by atoms with Gasteiger partial charge in [0.2, 0.25) is 11.8 Å². The summed E-state index contributed by atoms with van der Waals surface area (Å²) in [7, 11) is 1.22. The number of benzene rings is 4. The minimum absolute atomic E-state index is 0.00183. The summed E-state index contributed by atoms with van der Waals surface area (Å²) < 4.78 is 17.6. The van der Waals surface area contributed by atoms with Crippen molar-refractivity contribution in [3.8, 4) is 17.6 Å². The first-order chi connectivity index (χ1) is 32.0. The zero-order chi connectivity index (χ0) is 46.5. The number of carbonyl (C=O) groups excluding carboxylic acids is 5. The van der Waals surface area contributed by atoms with E-state index >= 15 is 14.4 Å². The van der Waals surface area contributed by atoms with Crippen LogP contribution in [0.5, 0.6) is 5.75 Å². The van der Waals surface area contributed by atoms with Gasteiger partial charge in [0, 0.05) is 12.1 Å². The van der Waals surface area contributed by atoms with E-state index in [4.69, 9.17) is 14.2 Å². The number of fused-ring (bicyclic) bond motifs is 3. The van der Waals surface area contributed by atoms with Crippen LogP contribution in [0.15, 0.2) is 127 Å². The second-order valence-electron chi connectivity index (χ2n) is 17.2. The number of aliphatic hydroxyl groups excluding tert-OH is 1. The van der Waals surface area contributed by atoms with E-state index in [-0.39, 0.29) is 31.0 Å². The SMILES string of the molecule is C=CCNC(=O)[C@H]1[C@@H]2C(=O)O[C@@H](c3ccccc3)[C@@H](c3ccccc3)N2[C@@H](c2cccc(OCCO)c2)[C@]12C(=O)N(C(=O)N[C@H](C(=O)OC)C(C)C)c1ccc(C#CC3=CCCCC3)cc12. The van der Waals surface area contributed by atoms with E-state index in [1.165, 1.54) is 13.2 Å². The van der Waals surface area contributed by atoms with Crippen molar-refractivity contribution in [1.29, 1.82) is 0 Å². The highest BCUT2D eigenvalue weighted by molar-refractivity contribution is 6.25. The van der Waals surface area contributed by atoms with Gasteiger partial charge >= 0.3 is 18.0 Å². The maximum absolute atomic E-state index is 16.5. The molecule has 4 aromatic carbocycles. The summed E-state index contributed by atoms with van der Waals surface area (Å²) in [6, 6.07) is 25.4. The second kappa shape index (κ2) is 19.6. The number of hydrogen-bond donors (Lipinski definition) is 3. The van der Waals surface area contributed by atoms with Crippen molar-refractivity contribution in [2.75, 3.05) is 31.8 Å². The molecule has 1 spiro atoms. The van der Waals surface area contributed by atoms with Crippen LogP contribution in [0, 0.1) is 23.7 Å². The Morgan fingerprint density at radius 1 is 0.924 bits per heavy atom. The monoisotopic (exact) mass is 890 g/mol. The third-order valence-corrected chi connectivity index (χ3v) is 13.0. The van der Waals surface area contributed by atoms with Gasteiger partial charge < -0.3 is 30.0 Å². The maximum atomic E-state index is 16.5. The Bertz CT molecular complexity index is 2600. The van der Waals surface area contributed by atoms with Gasteiger partial charge in [-0.2, -0.15) is 0 Å². The topological polar surface area (TPSA) is 164 Å². The number of ether oxygens (including phenoxy) is 3. The lowest BCUT2D eigenvalue weighted by atomic mass is 9.65. The Balaban J connectivity index is 1.46. The lowest BCUT2D eigenvalue weighted by molar-refractivity contribution is -0.178. The number of morpholine rings is 1. The van der Waals surface area contributed by atoms with Gasteiger partial charge in [-0.05, 0) is 89.8 Å². The van der Waals surface area contributed by atoms with Crippen molar-refractivity contribution >= 4 is 35.5 Å². The average molecular weight is 891 g/mol. The Morgan fingerprint density at radius 3 is 2.32 bits per heavy atom. The fraction of sp³-hybridized carbons (Fsp3) is 0.340. The van der Waals surface area contributed by atoms with E-state index in [1.54, 1.807) is 56.3 Å². The van der Waals surface area contributed by atoms with E-state index in [0.29, 0.717) is 22.4 Å². The van der Waals surface area contributed by atoms with Crippen LogP contribution in [0.3, 0.4) is 0 Å². The number of hydrogen-bond acceptors (Lipinski definition) is 10. The van der Waals surface area contributed by atoms with Crippen molar-refractivity contribution in [1.82, 2.24) is 15.5 Å². The molecule has 66 heavy (non-hydrogen) atoms. The summed E-state index contributed by atoms with van der Waals surface area (Å²) in [4.78, 5) is 78.1. The minimum atomic E-state index is -2.06. The van der Waals surface area contributed by atoms with Crippen molar-refractivity contribution in [3.63, 3.8) is 0 Å². The van der Waals surface area contributed by atoms with Crippen molar-refractivity contribution in [2.45, 2.75) is 75.2 Å². The number of urea groups is 1. The molecule has 340 valence electrons. The highest BCUT2D eigenvalue weighted by Gasteiger charge is 2.75. The molecule has 1 aliphatic carbocycles. The van der Waals surface area contributed by atoms with E-state index in [9.17, 15) is 14.7 Å². The molecule has 3 heterocycles. The highest BCUT2D eigenvalue weighted by atomic mass is 16.6. The van der Waals surface area contributed by atoms with Gasteiger partial charge in [-0.1, -0.05) is 111 Å². The molecular weight excluding hydrogens is 837 g/mol. The zero-order valence-electron chi connectivity index (χ0n) is 37.3. The van der Waals surface area contributed by atoms with Gasteiger partial charge in [0.15, 0.2) is 0 Å². The fourth-order valence-electron chi connectivity index (χ4n) is 10.1. The van der Waals surface area contributed by atoms with Gasteiger partial charge in [0.1, 0.15) is 36.0 Å². The molecule has 8 rings (SSSR count). The molecule has 13 heteroatoms. The molecule has 4 amide bonds. The third-order valence-electron chi connectivity index (χ3n) is 13.0. The van der Waals surface area contributed by atoms with Gasteiger partial charge in [-0.15, -0.1) is 6.58 Å². The molecule has 13 nitrogen and oxygen atoms in total. The third kappa shape index (κ3) is 8.27. The van der Waals surface area contributed by atoms with Crippen LogP contribution in [0.1, 0.15) is 85.5 Å². The van der Waals surface area contributed by atoms with Gasteiger partial charge in [0.25, 0.3) is 0 Å². The van der Waals surface area contributed by atoms with Crippen LogP contribution in [0.2, 0.25) is 0 Å². The van der Waals surface area contributed by atoms with Crippen molar-refractivity contribution in [3.05, 3.63) is 155 Å². The lowest BCUT2D eigenvalue weighted by Crippen LogP contribution is -2.57. The van der Waals surface area contributed by atoms with Crippen LogP contribution in [-0.2, 0) is 34.1 Å². The summed E-state index contributed by atoms with van der Waals surface area (Å²) >= 11 is 0. The maximum Gasteiger partial charge on any atom is 0.329 e. The Morgan fingerprint density at radius 2 is 1.65 bits per heavy atom. The first kappa shape index (κ1) is 45.6. The van der Waals surface area contributed by atoms with Crippen LogP contribution < -0.4 is 20.3 Å². The number of amides is 4. The van der Waals surface area contributed by atoms with Crippen LogP contribution in [0.4, 0.5) is 10.5 Å². The average Bonchev–Trinajstić information content (AvgIpc) is 3.80. The van der Waals surface area contributed by atoms with E-state index in [2.05, 4.69) is 35.1 Å². The molecular formula is C53H54N4O9. The number of rotatable bonds is 12. The van der Waals surface area contributed by atoms with E-state index in [0.717, 1.165) is 41.7 Å². The second-order valence-corrected chi connectivity index (χ2v) is 17.2. The molecule has 4 aliphatic rings. The van der Waals surface area contributed by atoms with Gasteiger partial charge in [-0.25, -0.2) is 14.5 Å². The molecule has 0 radical (unpaired) electrons. The van der Waals surface area contributed by atoms with Crippen molar-refractivity contribution in [2.24, 2.45) is 11.8 Å². The van der Waals surface area contributed by atoms with Crippen LogP contribution in [-0.4, -0.2) is 78.7 Å². The Labute approximate surface area is 384 Å². The molecule has 0 aromatic heterocycles. The first-order valence-corrected chi connectivity index (χ1v) is 22.4. The van der Waals surface area contributed by atoms with Gasteiger partial charge in [-0.3, -0.25) is 19.3 Å². The fourth-order valence-corrected chi connectivity index (χ4v) is 10.1. The standard InChI is InChI=1S/C53H54N4O9/c1-5-28-54-48(59)42-45-50(61)66-46(37-20-13-8-14-21-37)44(36-18-11-7-12-19-36)57(45)47(38-22-15-23-39(32-38)65-30-29-58)53(42)40-31-35(25-24-34-16-9-6-10-17-34)26-27-41(40)56(51(53)62)52(63)55-43(33(2)3)49(60)64-4/h5,7-8,11-16,18-23,26-27,31-33,42-47,58H,1,6,9-10,17,28-30H2,2-4H3,(H,54,59)(H,55,63)/t42-,43+,44-,45-,46+,47+,53-/m1/s1. The number of aliphatic hydroxyl groups is 1. The van der Waals surface area contributed by atoms with Crippen molar-refractivity contribution < 1.29 is 43.3 Å². The van der Waals surface area contributed by atoms with E-state index < -0.39 is 77.3 Å². The Hall–Kier alpha value is -7.01. The molecule has 2 fully saturated rings.